The highest BCUT2D eigenvalue weighted by atomic mass is 16.5. The van der Waals surface area contributed by atoms with Crippen molar-refractivity contribution >= 4 is 5.91 Å². The summed E-state index contributed by atoms with van der Waals surface area (Å²) >= 11 is 0. The van der Waals surface area contributed by atoms with Gasteiger partial charge in [-0.05, 0) is 25.0 Å². The van der Waals surface area contributed by atoms with Gasteiger partial charge in [0.15, 0.2) is 0 Å². The lowest BCUT2D eigenvalue weighted by atomic mass is 9.83. The number of nitrogens with one attached hydrogen (secondary N) is 1. The van der Waals surface area contributed by atoms with Gasteiger partial charge in [0.05, 0.1) is 6.61 Å². The van der Waals surface area contributed by atoms with Gasteiger partial charge in [-0.25, -0.2) is 0 Å². The zero-order valence-electron chi connectivity index (χ0n) is 10.6. The number of benzene rings is 1. The molecule has 0 aromatic heterocycles. The zero-order chi connectivity index (χ0) is 12.5. The van der Waals surface area contributed by atoms with Crippen molar-refractivity contribution in [1.29, 1.82) is 0 Å². The molecule has 1 aromatic carbocycles. The molecule has 1 aromatic rings. The molecule has 1 N–H and O–H groups in total. The summed E-state index contributed by atoms with van der Waals surface area (Å²) in [4.78, 5) is 11.5. The van der Waals surface area contributed by atoms with Crippen LogP contribution < -0.4 is 5.32 Å². The normalized spacial score (nSPS) is 22.5. The van der Waals surface area contributed by atoms with Crippen molar-refractivity contribution in [3.8, 4) is 0 Å². The van der Waals surface area contributed by atoms with E-state index in [9.17, 15) is 4.79 Å². The second-order valence-electron chi connectivity index (χ2n) is 5.20. The molecule has 0 spiro atoms. The third kappa shape index (κ3) is 2.50. The number of ether oxygens (including phenoxy) is 1. The quantitative estimate of drug-likeness (QED) is 0.869. The fourth-order valence-corrected chi connectivity index (χ4v) is 2.54. The molecule has 1 atom stereocenters. The van der Waals surface area contributed by atoms with E-state index < -0.39 is 0 Å². The van der Waals surface area contributed by atoms with Gasteiger partial charge in [-0.2, -0.15) is 0 Å². The van der Waals surface area contributed by atoms with Crippen molar-refractivity contribution in [2.45, 2.75) is 38.3 Å². The molecule has 1 fully saturated rings. The fourth-order valence-electron chi connectivity index (χ4n) is 2.54. The largest absolute Gasteiger partial charge is 0.380 e. The number of carbonyl (C=O) groups excluding carboxylic acids is 1. The summed E-state index contributed by atoms with van der Waals surface area (Å²) in [6.45, 7) is 4.76. The first-order chi connectivity index (χ1) is 8.03. The fraction of sp³-hybridized carbons (Fsp3) is 0.500. The lowest BCUT2D eigenvalue weighted by molar-refractivity contribution is -0.119. The van der Waals surface area contributed by atoms with E-state index in [1.165, 1.54) is 5.56 Å². The average molecular weight is 233 g/mol. The number of hydrogen-bond acceptors (Lipinski definition) is 2. The molecule has 0 radical (unpaired) electrons. The summed E-state index contributed by atoms with van der Waals surface area (Å²) in [6.07, 6.45) is 0.573. The van der Waals surface area contributed by atoms with Crippen LogP contribution >= 0.6 is 0 Å². The Morgan fingerprint density at radius 1 is 1.47 bits per heavy atom. The Morgan fingerprint density at radius 2 is 2.24 bits per heavy atom. The standard InChI is InChI=1S/C14H19NO2/c1-14(2)12(8-13(16)15-14)11-6-4-5-10(7-11)9-17-3/h4-7,12H,8-9H2,1-3H3,(H,15,16). The van der Waals surface area contributed by atoms with Crippen LogP contribution in [0.15, 0.2) is 24.3 Å². The number of hydrogen-bond donors (Lipinski definition) is 1. The molecule has 1 aliphatic heterocycles. The predicted octanol–water partition coefficient (Wildman–Crippen LogP) is 2.22. The van der Waals surface area contributed by atoms with E-state index >= 15 is 0 Å². The number of methoxy groups -OCH3 is 1. The van der Waals surface area contributed by atoms with Gasteiger partial charge in [0.1, 0.15) is 0 Å². The minimum Gasteiger partial charge on any atom is -0.380 e. The van der Waals surface area contributed by atoms with E-state index in [0.717, 1.165) is 5.56 Å². The summed E-state index contributed by atoms with van der Waals surface area (Å²) in [5, 5.41) is 3.02. The maximum absolute atomic E-state index is 11.5. The zero-order valence-corrected chi connectivity index (χ0v) is 10.6. The first-order valence-electron chi connectivity index (χ1n) is 5.92. The molecule has 1 amide bonds. The molecule has 1 unspecified atom stereocenters. The van der Waals surface area contributed by atoms with Crippen LogP contribution in [0.1, 0.15) is 37.3 Å². The molecule has 1 aliphatic rings. The summed E-state index contributed by atoms with van der Waals surface area (Å²) in [7, 11) is 1.69. The lowest BCUT2D eigenvalue weighted by Gasteiger charge is -2.27. The van der Waals surface area contributed by atoms with E-state index in [2.05, 4.69) is 31.3 Å². The minimum absolute atomic E-state index is 0.136. The Balaban J connectivity index is 2.27. The van der Waals surface area contributed by atoms with Gasteiger partial charge in [-0.3, -0.25) is 4.79 Å². The van der Waals surface area contributed by atoms with Crippen LogP contribution in [-0.2, 0) is 16.1 Å². The number of carbonyl (C=O) groups is 1. The van der Waals surface area contributed by atoms with Gasteiger partial charge in [0.25, 0.3) is 0 Å². The Morgan fingerprint density at radius 3 is 2.82 bits per heavy atom. The first-order valence-corrected chi connectivity index (χ1v) is 5.92. The second kappa shape index (κ2) is 4.49. The van der Waals surface area contributed by atoms with Crippen LogP contribution in [0.2, 0.25) is 0 Å². The van der Waals surface area contributed by atoms with Crippen LogP contribution in [0.5, 0.6) is 0 Å². The van der Waals surface area contributed by atoms with Gasteiger partial charge >= 0.3 is 0 Å². The minimum atomic E-state index is -0.164. The van der Waals surface area contributed by atoms with Crippen LogP contribution in [0.3, 0.4) is 0 Å². The van der Waals surface area contributed by atoms with Crippen molar-refractivity contribution in [2.75, 3.05) is 7.11 Å². The molecule has 2 rings (SSSR count). The molecule has 0 bridgehead atoms. The van der Waals surface area contributed by atoms with Crippen molar-refractivity contribution in [1.82, 2.24) is 5.32 Å². The van der Waals surface area contributed by atoms with Gasteiger partial charge in [-0.15, -0.1) is 0 Å². The van der Waals surface area contributed by atoms with Crippen molar-refractivity contribution < 1.29 is 9.53 Å². The topological polar surface area (TPSA) is 38.3 Å². The molecule has 1 saturated heterocycles. The van der Waals surface area contributed by atoms with Crippen LogP contribution in [0.4, 0.5) is 0 Å². The van der Waals surface area contributed by atoms with E-state index in [4.69, 9.17) is 4.74 Å². The molecule has 17 heavy (non-hydrogen) atoms. The third-order valence-corrected chi connectivity index (χ3v) is 3.39. The van der Waals surface area contributed by atoms with Gasteiger partial charge in [-0.1, -0.05) is 24.3 Å². The number of rotatable bonds is 3. The van der Waals surface area contributed by atoms with Gasteiger partial charge in [0, 0.05) is 25.0 Å². The molecule has 92 valence electrons. The molecule has 0 saturated carbocycles. The van der Waals surface area contributed by atoms with Gasteiger partial charge in [0.2, 0.25) is 5.91 Å². The highest BCUT2D eigenvalue weighted by Crippen LogP contribution is 2.36. The second-order valence-corrected chi connectivity index (χ2v) is 5.20. The van der Waals surface area contributed by atoms with Crippen molar-refractivity contribution in [2.24, 2.45) is 0 Å². The Labute approximate surface area is 102 Å². The smallest absolute Gasteiger partial charge is 0.221 e. The monoisotopic (exact) mass is 233 g/mol. The van der Waals surface area contributed by atoms with Crippen LogP contribution in [-0.4, -0.2) is 18.6 Å². The van der Waals surface area contributed by atoms with E-state index in [-0.39, 0.29) is 17.4 Å². The predicted molar refractivity (Wildman–Crippen MR) is 66.7 cm³/mol. The van der Waals surface area contributed by atoms with Gasteiger partial charge < -0.3 is 10.1 Å². The van der Waals surface area contributed by atoms with E-state index in [0.29, 0.717) is 13.0 Å². The molecule has 3 heteroatoms. The third-order valence-electron chi connectivity index (χ3n) is 3.39. The van der Waals surface area contributed by atoms with Crippen LogP contribution in [0.25, 0.3) is 0 Å². The maximum Gasteiger partial charge on any atom is 0.221 e. The molecule has 1 heterocycles. The highest BCUT2D eigenvalue weighted by molar-refractivity contribution is 5.81. The Bertz CT molecular complexity index is 426. The van der Waals surface area contributed by atoms with Crippen LogP contribution in [0, 0.1) is 0 Å². The average Bonchev–Trinajstić information content (AvgIpc) is 2.53. The Kier molecular flexibility index (Phi) is 3.20. The van der Waals surface area contributed by atoms with Crippen molar-refractivity contribution in [3.05, 3.63) is 35.4 Å². The van der Waals surface area contributed by atoms with E-state index in [1.807, 2.05) is 12.1 Å². The van der Waals surface area contributed by atoms with Crippen molar-refractivity contribution in [3.63, 3.8) is 0 Å². The Hall–Kier alpha value is -1.35. The maximum atomic E-state index is 11.5. The molecule has 0 aliphatic carbocycles. The SMILES string of the molecule is COCc1cccc(C2CC(=O)NC2(C)C)c1. The summed E-state index contributed by atoms with van der Waals surface area (Å²) < 4.78 is 5.14. The summed E-state index contributed by atoms with van der Waals surface area (Å²) in [5.41, 5.74) is 2.20. The molecular weight excluding hydrogens is 214 g/mol. The lowest BCUT2D eigenvalue weighted by Crippen LogP contribution is -2.38. The molecular formula is C14H19NO2. The molecule has 3 nitrogen and oxygen atoms in total. The number of amides is 1. The summed E-state index contributed by atoms with van der Waals surface area (Å²) in [5.74, 6) is 0.379. The van der Waals surface area contributed by atoms with E-state index in [1.54, 1.807) is 7.11 Å². The first kappa shape index (κ1) is 12.1. The summed E-state index contributed by atoms with van der Waals surface area (Å²) in [6, 6.07) is 8.30. The highest BCUT2D eigenvalue weighted by Gasteiger charge is 2.39.